The summed E-state index contributed by atoms with van der Waals surface area (Å²) < 4.78 is 5.78. The molecule has 0 aliphatic heterocycles. The van der Waals surface area contributed by atoms with Crippen LogP contribution in [0.3, 0.4) is 0 Å². The van der Waals surface area contributed by atoms with Crippen LogP contribution in [-0.2, 0) is 0 Å². The summed E-state index contributed by atoms with van der Waals surface area (Å²) in [6.45, 7) is 2.36. The molecule has 1 aromatic heterocycles. The van der Waals surface area contributed by atoms with Crippen molar-refractivity contribution < 1.29 is 20.1 Å². The van der Waals surface area contributed by atoms with Crippen molar-refractivity contribution in [2.45, 2.75) is 13.3 Å². The van der Waals surface area contributed by atoms with Gasteiger partial charge in [0, 0.05) is 17.7 Å². The molecule has 0 fully saturated rings. The van der Waals surface area contributed by atoms with E-state index >= 15 is 0 Å². The molecule has 0 aliphatic carbocycles. The molecule has 1 heterocycles. The summed E-state index contributed by atoms with van der Waals surface area (Å²) in [5.74, 6) is -0.610. The maximum absolute atomic E-state index is 10.5. The van der Waals surface area contributed by atoms with E-state index in [-0.39, 0.29) is 34.6 Å². The third-order valence-electron chi connectivity index (χ3n) is 6.36. The lowest BCUT2D eigenvalue weighted by molar-refractivity contribution is 0.292. The molecule has 0 radical (unpaired) electrons. The Kier molecular flexibility index (Phi) is 5.45. The van der Waals surface area contributed by atoms with E-state index in [4.69, 9.17) is 4.74 Å². The van der Waals surface area contributed by atoms with E-state index in [2.05, 4.69) is 51.4 Å². The zero-order valence-corrected chi connectivity index (χ0v) is 20.0. The number of fused-ring (bicyclic) bond motifs is 5. The first kappa shape index (κ1) is 22.5. The molecule has 6 rings (SSSR count). The maximum atomic E-state index is 10.5. The number of nitrogens with zero attached hydrogens (tertiary/aromatic N) is 3. The molecule has 7 nitrogen and oxygen atoms in total. The second-order valence-corrected chi connectivity index (χ2v) is 8.82. The standard InChI is InChI=1S/C30H23N3O4/c1-2-13-37-30-32-28(31-29(33-30)27-25(35)14-18(34)15-26(27)36)24-16-23-19-8-4-3-7-17(19)11-12-22(23)20-9-5-6-10-21(20)24/h3-12,14-16,34-36H,2,13H2,1H3. The monoisotopic (exact) mass is 489 g/mol. The summed E-state index contributed by atoms with van der Waals surface area (Å²) in [7, 11) is 0. The predicted octanol–water partition coefficient (Wildman–Crippen LogP) is 6.57. The van der Waals surface area contributed by atoms with Crippen LogP contribution in [0.15, 0.2) is 78.9 Å². The number of hydrogen-bond donors (Lipinski definition) is 3. The molecule has 0 bridgehead atoms. The molecule has 3 N–H and O–H groups in total. The Bertz CT molecular complexity index is 1790. The van der Waals surface area contributed by atoms with E-state index in [1.807, 2.05) is 37.3 Å². The van der Waals surface area contributed by atoms with E-state index in [0.717, 1.165) is 56.4 Å². The van der Waals surface area contributed by atoms with E-state index in [9.17, 15) is 15.3 Å². The summed E-state index contributed by atoms with van der Waals surface area (Å²) in [5, 5.41) is 37.2. The van der Waals surface area contributed by atoms with Crippen LogP contribution >= 0.6 is 0 Å². The number of benzene rings is 5. The highest BCUT2D eigenvalue weighted by Crippen LogP contribution is 2.41. The topological polar surface area (TPSA) is 109 Å². The van der Waals surface area contributed by atoms with Gasteiger partial charge in [0.25, 0.3) is 0 Å². The van der Waals surface area contributed by atoms with Gasteiger partial charge in [-0.15, -0.1) is 0 Å². The molecule has 0 saturated carbocycles. The first-order chi connectivity index (χ1) is 18.0. The quantitative estimate of drug-likeness (QED) is 0.235. The number of phenols is 3. The largest absolute Gasteiger partial charge is 0.508 e. The molecule has 37 heavy (non-hydrogen) atoms. The fraction of sp³-hybridized carbons (Fsp3) is 0.100. The number of aromatic hydroxyl groups is 3. The van der Waals surface area contributed by atoms with E-state index in [1.165, 1.54) is 0 Å². The van der Waals surface area contributed by atoms with Crippen LogP contribution in [0.1, 0.15) is 13.3 Å². The first-order valence-electron chi connectivity index (χ1n) is 12.0. The van der Waals surface area contributed by atoms with Crippen LogP contribution in [0.2, 0.25) is 0 Å². The second kappa shape index (κ2) is 8.95. The van der Waals surface area contributed by atoms with Crippen LogP contribution in [-0.4, -0.2) is 36.9 Å². The van der Waals surface area contributed by atoms with Crippen molar-refractivity contribution in [2.24, 2.45) is 0 Å². The van der Waals surface area contributed by atoms with Gasteiger partial charge in [-0.25, -0.2) is 4.98 Å². The smallest absolute Gasteiger partial charge is 0.320 e. The summed E-state index contributed by atoms with van der Waals surface area (Å²) in [4.78, 5) is 13.7. The number of rotatable bonds is 5. The van der Waals surface area contributed by atoms with Crippen LogP contribution in [0.4, 0.5) is 0 Å². The molecule has 0 amide bonds. The average Bonchev–Trinajstić information content (AvgIpc) is 2.90. The molecule has 0 aliphatic rings. The minimum Gasteiger partial charge on any atom is -0.508 e. The SMILES string of the molecule is CCCOc1nc(-c2c(O)cc(O)cc2O)nc(-c2cc3c4ccccc4ccc3c3ccccc23)n1. The molecule has 6 aromatic rings. The Hall–Kier alpha value is -4.91. The molecule has 0 atom stereocenters. The highest BCUT2D eigenvalue weighted by molar-refractivity contribution is 6.20. The Morgan fingerprint density at radius 2 is 1.30 bits per heavy atom. The number of ether oxygens (including phenoxy) is 1. The normalized spacial score (nSPS) is 11.4. The van der Waals surface area contributed by atoms with Gasteiger partial charge in [-0.3, -0.25) is 0 Å². The average molecular weight is 490 g/mol. The van der Waals surface area contributed by atoms with Crippen LogP contribution in [0, 0.1) is 0 Å². The van der Waals surface area contributed by atoms with Gasteiger partial charge in [-0.1, -0.05) is 67.6 Å². The number of phenolic OH excluding ortho intramolecular Hbond substituents is 3. The highest BCUT2D eigenvalue weighted by atomic mass is 16.5. The third-order valence-corrected chi connectivity index (χ3v) is 6.36. The molecular weight excluding hydrogens is 466 g/mol. The molecule has 0 saturated heterocycles. The lowest BCUT2D eigenvalue weighted by Crippen LogP contribution is -2.05. The van der Waals surface area contributed by atoms with Gasteiger partial charge in [0.1, 0.15) is 22.8 Å². The minimum atomic E-state index is -0.356. The number of hydrogen-bond acceptors (Lipinski definition) is 7. The van der Waals surface area contributed by atoms with Gasteiger partial charge in [0.15, 0.2) is 11.6 Å². The lowest BCUT2D eigenvalue weighted by atomic mass is 9.93. The van der Waals surface area contributed by atoms with Gasteiger partial charge < -0.3 is 20.1 Å². The van der Waals surface area contributed by atoms with Crippen molar-refractivity contribution in [3.63, 3.8) is 0 Å². The van der Waals surface area contributed by atoms with Gasteiger partial charge >= 0.3 is 6.01 Å². The fourth-order valence-electron chi connectivity index (χ4n) is 4.72. The fourth-order valence-corrected chi connectivity index (χ4v) is 4.72. The summed E-state index contributed by atoms with van der Waals surface area (Å²) in [5.41, 5.74) is 0.751. The van der Waals surface area contributed by atoms with Crippen molar-refractivity contribution in [3.8, 4) is 46.0 Å². The molecule has 0 spiro atoms. The molecule has 0 unspecified atom stereocenters. The van der Waals surface area contributed by atoms with Crippen molar-refractivity contribution >= 4 is 32.3 Å². The zero-order valence-electron chi connectivity index (χ0n) is 20.0. The lowest BCUT2D eigenvalue weighted by Gasteiger charge is -2.14. The number of aromatic nitrogens is 3. The summed E-state index contributed by atoms with van der Waals surface area (Å²) in [6.07, 6.45) is 0.747. The van der Waals surface area contributed by atoms with Crippen molar-refractivity contribution in [3.05, 3.63) is 78.9 Å². The van der Waals surface area contributed by atoms with Gasteiger partial charge in [-0.05, 0) is 44.8 Å². The second-order valence-electron chi connectivity index (χ2n) is 8.82. The van der Waals surface area contributed by atoms with E-state index in [0.29, 0.717) is 12.4 Å². The van der Waals surface area contributed by atoms with E-state index in [1.54, 1.807) is 0 Å². The first-order valence-corrected chi connectivity index (χ1v) is 12.0. The van der Waals surface area contributed by atoms with Crippen molar-refractivity contribution in [1.29, 1.82) is 0 Å². The summed E-state index contributed by atoms with van der Waals surface area (Å²) >= 11 is 0. The Balaban J connectivity index is 1.68. The summed E-state index contributed by atoms with van der Waals surface area (Å²) in [6, 6.07) is 24.9. The molecule has 182 valence electrons. The third kappa shape index (κ3) is 3.90. The van der Waals surface area contributed by atoms with Crippen LogP contribution < -0.4 is 4.74 Å². The highest BCUT2D eigenvalue weighted by Gasteiger charge is 2.20. The maximum Gasteiger partial charge on any atom is 0.320 e. The predicted molar refractivity (Wildman–Crippen MR) is 144 cm³/mol. The van der Waals surface area contributed by atoms with E-state index < -0.39 is 0 Å². The van der Waals surface area contributed by atoms with Crippen LogP contribution in [0.5, 0.6) is 23.3 Å². The Morgan fingerprint density at radius 1 is 0.649 bits per heavy atom. The van der Waals surface area contributed by atoms with Crippen molar-refractivity contribution in [1.82, 2.24) is 15.0 Å². The Morgan fingerprint density at radius 3 is 2.05 bits per heavy atom. The van der Waals surface area contributed by atoms with Gasteiger partial charge in [-0.2, -0.15) is 9.97 Å². The Labute approximate surface area is 212 Å². The zero-order chi connectivity index (χ0) is 25.5. The van der Waals surface area contributed by atoms with Gasteiger partial charge in [0.2, 0.25) is 0 Å². The van der Waals surface area contributed by atoms with Crippen LogP contribution in [0.25, 0.3) is 55.1 Å². The molecule has 7 heteroatoms. The minimum absolute atomic E-state index is 0.0154. The van der Waals surface area contributed by atoms with Gasteiger partial charge in [0.05, 0.1) is 6.61 Å². The molecular formula is C30H23N3O4. The van der Waals surface area contributed by atoms with Crippen molar-refractivity contribution in [2.75, 3.05) is 6.61 Å². The molecule has 5 aromatic carbocycles.